The first-order chi connectivity index (χ1) is 16.5. The normalized spacial score (nSPS) is 11.7. The molecule has 0 N–H and O–H groups in total. The first-order valence-electron chi connectivity index (χ1n) is 11.2. The lowest BCUT2D eigenvalue weighted by molar-refractivity contribution is -0.128. The molecular weight excluding hydrogens is 444 g/mol. The standard InChI is InChI=1S/C27H28N4O2S/c1-20-12-10-11-17-24(20)33-18-25-28-29-27(31(25)23-15-8-5-9-16-23)34-19-26(32)30(3)21(2)22-13-6-4-7-14-22/h4-17,21H,18-19H2,1-3H3. The van der Waals surface area contributed by atoms with Crippen LogP contribution in [0.1, 0.15) is 29.9 Å². The number of ether oxygens (including phenoxy) is 1. The molecule has 0 aliphatic rings. The van der Waals surface area contributed by atoms with Crippen molar-refractivity contribution >= 4 is 17.7 Å². The fourth-order valence-electron chi connectivity index (χ4n) is 3.58. The van der Waals surface area contributed by atoms with Crippen molar-refractivity contribution < 1.29 is 9.53 Å². The molecule has 0 saturated carbocycles. The molecule has 6 nitrogen and oxygen atoms in total. The Morgan fingerprint density at radius 2 is 1.62 bits per heavy atom. The topological polar surface area (TPSA) is 60.3 Å². The van der Waals surface area contributed by atoms with Gasteiger partial charge in [0, 0.05) is 12.7 Å². The Morgan fingerprint density at radius 3 is 2.32 bits per heavy atom. The highest BCUT2D eigenvalue weighted by Gasteiger charge is 2.20. The number of aryl methyl sites for hydroxylation is 1. The van der Waals surface area contributed by atoms with Crippen LogP contribution >= 0.6 is 11.8 Å². The molecule has 0 spiro atoms. The van der Waals surface area contributed by atoms with Crippen molar-refractivity contribution in [3.8, 4) is 11.4 Å². The summed E-state index contributed by atoms with van der Waals surface area (Å²) in [5, 5.41) is 9.43. The van der Waals surface area contributed by atoms with Crippen molar-refractivity contribution in [1.82, 2.24) is 19.7 Å². The molecule has 4 aromatic rings. The van der Waals surface area contributed by atoms with E-state index in [9.17, 15) is 4.79 Å². The molecule has 0 radical (unpaired) electrons. The minimum atomic E-state index is -0.0145. The van der Waals surface area contributed by atoms with Crippen LogP contribution in [-0.4, -0.2) is 38.4 Å². The quantitative estimate of drug-likeness (QED) is 0.303. The molecule has 1 unspecified atom stereocenters. The summed E-state index contributed by atoms with van der Waals surface area (Å²) in [6.45, 7) is 4.31. The number of nitrogens with zero attached hydrogens (tertiary/aromatic N) is 4. The van der Waals surface area contributed by atoms with Gasteiger partial charge in [0.1, 0.15) is 12.4 Å². The van der Waals surface area contributed by atoms with Crippen LogP contribution in [0.5, 0.6) is 5.75 Å². The van der Waals surface area contributed by atoms with Crippen molar-refractivity contribution in [3.05, 3.63) is 102 Å². The molecule has 0 bridgehead atoms. The molecule has 0 aliphatic heterocycles. The van der Waals surface area contributed by atoms with Gasteiger partial charge in [-0.1, -0.05) is 78.5 Å². The van der Waals surface area contributed by atoms with Gasteiger partial charge >= 0.3 is 0 Å². The summed E-state index contributed by atoms with van der Waals surface area (Å²) in [5.41, 5.74) is 3.09. The Balaban J connectivity index is 1.50. The third-order valence-corrected chi connectivity index (χ3v) is 6.66. The molecule has 3 aromatic carbocycles. The van der Waals surface area contributed by atoms with Crippen LogP contribution in [0.2, 0.25) is 0 Å². The summed E-state index contributed by atoms with van der Waals surface area (Å²) >= 11 is 1.38. The molecule has 0 saturated heterocycles. The second-order valence-electron chi connectivity index (χ2n) is 8.00. The zero-order valence-corrected chi connectivity index (χ0v) is 20.4. The fraction of sp³-hybridized carbons (Fsp3) is 0.222. The predicted molar refractivity (Wildman–Crippen MR) is 135 cm³/mol. The van der Waals surface area contributed by atoms with Crippen LogP contribution in [0, 0.1) is 6.92 Å². The Hall–Kier alpha value is -3.58. The van der Waals surface area contributed by atoms with E-state index in [0.29, 0.717) is 11.0 Å². The van der Waals surface area contributed by atoms with Gasteiger partial charge in [0.05, 0.1) is 11.8 Å². The Bertz CT molecular complexity index is 1230. The molecule has 0 fully saturated rings. The number of aromatic nitrogens is 3. The Morgan fingerprint density at radius 1 is 0.971 bits per heavy atom. The van der Waals surface area contributed by atoms with Gasteiger partial charge in [0.2, 0.25) is 5.91 Å². The minimum Gasteiger partial charge on any atom is -0.485 e. The number of hydrogen-bond donors (Lipinski definition) is 0. The average Bonchev–Trinajstić information content (AvgIpc) is 3.29. The lowest BCUT2D eigenvalue weighted by atomic mass is 10.1. The van der Waals surface area contributed by atoms with Gasteiger partial charge in [-0.25, -0.2) is 0 Å². The molecule has 1 amide bonds. The third kappa shape index (κ3) is 5.48. The summed E-state index contributed by atoms with van der Waals surface area (Å²) in [7, 11) is 1.84. The zero-order valence-electron chi connectivity index (χ0n) is 19.6. The lowest BCUT2D eigenvalue weighted by Crippen LogP contribution is -2.31. The summed E-state index contributed by atoms with van der Waals surface area (Å²) in [6, 6.07) is 27.8. The van der Waals surface area contributed by atoms with Gasteiger partial charge in [-0.3, -0.25) is 9.36 Å². The molecule has 1 atom stereocenters. The van der Waals surface area contributed by atoms with Crippen LogP contribution in [0.4, 0.5) is 0 Å². The number of carbonyl (C=O) groups is 1. The Kier molecular flexibility index (Phi) is 7.65. The molecular formula is C27H28N4O2S. The minimum absolute atomic E-state index is 0.0145. The van der Waals surface area contributed by atoms with E-state index < -0.39 is 0 Å². The van der Waals surface area contributed by atoms with Crippen molar-refractivity contribution in [2.24, 2.45) is 0 Å². The summed E-state index contributed by atoms with van der Waals surface area (Å²) in [4.78, 5) is 14.7. The summed E-state index contributed by atoms with van der Waals surface area (Å²) < 4.78 is 7.99. The highest BCUT2D eigenvalue weighted by molar-refractivity contribution is 7.99. The maximum Gasteiger partial charge on any atom is 0.233 e. The average molecular weight is 473 g/mol. The molecule has 1 heterocycles. The monoisotopic (exact) mass is 472 g/mol. The van der Waals surface area contributed by atoms with Gasteiger partial charge in [-0.05, 0) is 43.2 Å². The third-order valence-electron chi connectivity index (χ3n) is 5.75. The highest BCUT2D eigenvalue weighted by atomic mass is 32.2. The Labute approximate surface area is 204 Å². The first kappa shape index (κ1) is 23.6. The van der Waals surface area contributed by atoms with Crippen LogP contribution in [0.25, 0.3) is 5.69 Å². The second-order valence-corrected chi connectivity index (χ2v) is 8.95. The van der Waals surface area contributed by atoms with Gasteiger partial charge in [0.15, 0.2) is 11.0 Å². The predicted octanol–water partition coefficient (Wildman–Crippen LogP) is 5.47. The molecule has 34 heavy (non-hydrogen) atoms. The lowest BCUT2D eigenvalue weighted by Gasteiger charge is -2.25. The number of benzene rings is 3. The van der Waals surface area contributed by atoms with E-state index in [4.69, 9.17) is 4.74 Å². The fourth-order valence-corrected chi connectivity index (χ4v) is 4.48. The number of para-hydroxylation sites is 2. The van der Waals surface area contributed by atoms with Crippen LogP contribution in [0.15, 0.2) is 90.1 Å². The first-order valence-corrected chi connectivity index (χ1v) is 12.1. The maximum atomic E-state index is 13.0. The number of carbonyl (C=O) groups excluding carboxylic acids is 1. The van der Waals surface area contributed by atoms with E-state index >= 15 is 0 Å². The molecule has 174 valence electrons. The smallest absolute Gasteiger partial charge is 0.233 e. The maximum absolute atomic E-state index is 13.0. The highest BCUT2D eigenvalue weighted by Crippen LogP contribution is 2.25. The second kappa shape index (κ2) is 11.0. The molecule has 0 aliphatic carbocycles. The number of thioether (sulfide) groups is 1. The van der Waals surface area contributed by atoms with Crippen molar-refractivity contribution in [2.75, 3.05) is 12.8 Å². The van der Waals surface area contributed by atoms with Crippen molar-refractivity contribution in [1.29, 1.82) is 0 Å². The molecule has 4 rings (SSSR count). The van der Waals surface area contributed by atoms with E-state index in [1.165, 1.54) is 11.8 Å². The number of hydrogen-bond acceptors (Lipinski definition) is 5. The van der Waals surface area contributed by atoms with Crippen molar-refractivity contribution in [2.45, 2.75) is 31.7 Å². The van der Waals surface area contributed by atoms with E-state index in [1.54, 1.807) is 4.90 Å². The van der Waals surface area contributed by atoms with Gasteiger partial charge in [-0.2, -0.15) is 0 Å². The van der Waals surface area contributed by atoms with Gasteiger partial charge in [0.25, 0.3) is 0 Å². The van der Waals surface area contributed by atoms with Crippen LogP contribution < -0.4 is 4.74 Å². The number of amides is 1. The van der Waals surface area contributed by atoms with E-state index in [0.717, 1.165) is 22.6 Å². The SMILES string of the molecule is Cc1ccccc1OCc1nnc(SCC(=O)N(C)C(C)c2ccccc2)n1-c1ccccc1. The zero-order chi connectivity index (χ0) is 23.9. The largest absolute Gasteiger partial charge is 0.485 e. The summed E-state index contributed by atoms with van der Waals surface area (Å²) in [5.74, 6) is 1.78. The van der Waals surface area contributed by atoms with E-state index in [1.807, 2.05) is 110 Å². The molecule has 1 aromatic heterocycles. The van der Waals surface area contributed by atoms with Crippen LogP contribution in [-0.2, 0) is 11.4 Å². The van der Waals surface area contributed by atoms with E-state index in [2.05, 4.69) is 10.2 Å². The van der Waals surface area contributed by atoms with E-state index in [-0.39, 0.29) is 24.3 Å². The van der Waals surface area contributed by atoms with Gasteiger partial charge in [-0.15, -0.1) is 10.2 Å². The summed E-state index contributed by atoms with van der Waals surface area (Å²) in [6.07, 6.45) is 0. The van der Waals surface area contributed by atoms with Crippen LogP contribution in [0.3, 0.4) is 0 Å². The van der Waals surface area contributed by atoms with Crippen molar-refractivity contribution in [3.63, 3.8) is 0 Å². The van der Waals surface area contributed by atoms with Gasteiger partial charge < -0.3 is 9.64 Å². The molecule has 7 heteroatoms. The number of rotatable bonds is 9.